The second kappa shape index (κ2) is 5.84. The maximum atomic E-state index is 9.79. The summed E-state index contributed by atoms with van der Waals surface area (Å²) in [5.41, 5.74) is 0.541. The molecule has 2 aromatic rings. The van der Waals surface area contributed by atoms with Crippen LogP contribution < -0.4 is 0 Å². The Morgan fingerprint density at radius 1 is 1.24 bits per heavy atom. The molecule has 2 aromatic heterocycles. The molecule has 1 saturated carbocycles. The number of nitrogens with zero attached hydrogens (tertiary/aromatic N) is 3. The molecule has 5 nitrogen and oxygen atoms in total. The van der Waals surface area contributed by atoms with E-state index in [0.29, 0.717) is 17.4 Å². The van der Waals surface area contributed by atoms with E-state index in [4.69, 9.17) is 4.52 Å². The van der Waals surface area contributed by atoms with Crippen LogP contribution in [0.1, 0.15) is 51.3 Å². The molecule has 0 saturated heterocycles. The van der Waals surface area contributed by atoms with Gasteiger partial charge in [0, 0.05) is 12.1 Å². The molecular formula is C16H21N3O2. The SMILES string of the molecule is CC(C)C1CCC(c2noc(-c3ccncc3O)n2)CC1. The van der Waals surface area contributed by atoms with Crippen molar-refractivity contribution in [3.63, 3.8) is 0 Å². The van der Waals surface area contributed by atoms with E-state index in [0.717, 1.165) is 30.5 Å². The van der Waals surface area contributed by atoms with E-state index in [1.54, 1.807) is 12.3 Å². The van der Waals surface area contributed by atoms with Gasteiger partial charge in [0.1, 0.15) is 5.75 Å². The molecule has 2 heterocycles. The van der Waals surface area contributed by atoms with Gasteiger partial charge >= 0.3 is 0 Å². The molecule has 0 bridgehead atoms. The number of hydrogen-bond acceptors (Lipinski definition) is 5. The topological polar surface area (TPSA) is 72.0 Å². The zero-order chi connectivity index (χ0) is 14.8. The van der Waals surface area contributed by atoms with Crippen molar-refractivity contribution < 1.29 is 9.63 Å². The van der Waals surface area contributed by atoms with E-state index in [2.05, 4.69) is 29.0 Å². The molecule has 3 rings (SSSR count). The Hall–Kier alpha value is -1.91. The summed E-state index contributed by atoms with van der Waals surface area (Å²) >= 11 is 0. The van der Waals surface area contributed by atoms with Gasteiger partial charge in [-0.25, -0.2) is 0 Å². The first kappa shape index (κ1) is 14.0. The molecule has 0 spiro atoms. The van der Waals surface area contributed by atoms with Crippen molar-refractivity contribution in [1.29, 1.82) is 0 Å². The largest absolute Gasteiger partial charge is 0.505 e. The Balaban J connectivity index is 1.73. The average molecular weight is 287 g/mol. The lowest BCUT2D eigenvalue weighted by Crippen LogP contribution is -2.18. The smallest absolute Gasteiger partial charge is 0.261 e. The average Bonchev–Trinajstić information content (AvgIpc) is 2.97. The normalized spacial score (nSPS) is 22.6. The third kappa shape index (κ3) is 2.91. The van der Waals surface area contributed by atoms with Crippen molar-refractivity contribution in [3.8, 4) is 17.2 Å². The molecule has 0 aromatic carbocycles. The van der Waals surface area contributed by atoms with Crippen LogP contribution in [0.2, 0.25) is 0 Å². The number of aromatic nitrogens is 3. The zero-order valence-corrected chi connectivity index (χ0v) is 12.5. The minimum absolute atomic E-state index is 0.0659. The van der Waals surface area contributed by atoms with Crippen molar-refractivity contribution in [1.82, 2.24) is 15.1 Å². The van der Waals surface area contributed by atoms with Crippen molar-refractivity contribution in [3.05, 3.63) is 24.3 Å². The number of hydrogen-bond donors (Lipinski definition) is 1. The Kier molecular flexibility index (Phi) is 3.90. The first-order chi connectivity index (χ1) is 10.1. The van der Waals surface area contributed by atoms with Crippen molar-refractivity contribution >= 4 is 0 Å². The molecule has 1 N–H and O–H groups in total. The van der Waals surface area contributed by atoms with Gasteiger partial charge in [0.15, 0.2) is 5.82 Å². The van der Waals surface area contributed by atoms with Crippen molar-refractivity contribution in [2.24, 2.45) is 11.8 Å². The zero-order valence-electron chi connectivity index (χ0n) is 12.5. The van der Waals surface area contributed by atoms with Crippen LogP contribution in [0.3, 0.4) is 0 Å². The van der Waals surface area contributed by atoms with Gasteiger partial charge in [0.2, 0.25) is 0 Å². The van der Waals surface area contributed by atoms with Crippen molar-refractivity contribution in [2.45, 2.75) is 45.4 Å². The molecule has 0 aliphatic heterocycles. The number of rotatable bonds is 3. The second-order valence-corrected chi connectivity index (χ2v) is 6.21. The van der Waals surface area contributed by atoms with E-state index in [9.17, 15) is 5.11 Å². The molecule has 112 valence electrons. The first-order valence-electron chi connectivity index (χ1n) is 7.62. The molecule has 21 heavy (non-hydrogen) atoms. The summed E-state index contributed by atoms with van der Waals surface area (Å²) in [6, 6.07) is 1.68. The van der Waals surface area contributed by atoms with Crippen LogP contribution in [0.25, 0.3) is 11.5 Å². The summed E-state index contributed by atoms with van der Waals surface area (Å²) in [4.78, 5) is 8.32. The number of aromatic hydroxyl groups is 1. The fourth-order valence-electron chi connectivity index (χ4n) is 3.12. The van der Waals surface area contributed by atoms with E-state index in [1.165, 1.54) is 19.0 Å². The van der Waals surface area contributed by atoms with Crippen LogP contribution >= 0.6 is 0 Å². The van der Waals surface area contributed by atoms with Gasteiger partial charge in [-0.1, -0.05) is 19.0 Å². The molecule has 0 atom stereocenters. The lowest BCUT2D eigenvalue weighted by Gasteiger charge is -2.29. The van der Waals surface area contributed by atoms with E-state index in [-0.39, 0.29) is 5.75 Å². The monoisotopic (exact) mass is 287 g/mol. The third-order valence-corrected chi connectivity index (χ3v) is 4.55. The van der Waals surface area contributed by atoms with Gasteiger partial charge in [-0.15, -0.1) is 0 Å². The summed E-state index contributed by atoms with van der Waals surface area (Å²) in [5.74, 6) is 3.15. The van der Waals surface area contributed by atoms with Gasteiger partial charge in [-0.3, -0.25) is 4.98 Å². The molecule has 1 aliphatic carbocycles. The van der Waals surface area contributed by atoms with Crippen molar-refractivity contribution in [2.75, 3.05) is 0 Å². The van der Waals surface area contributed by atoms with Gasteiger partial charge in [0.25, 0.3) is 5.89 Å². The highest BCUT2D eigenvalue weighted by Gasteiger charge is 2.27. The molecular weight excluding hydrogens is 266 g/mol. The maximum Gasteiger partial charge on any atom is 0.261 e. The summed E-state index contributed by atoms with van der Waals surface area (Å²) in [5, 5.41) is 13.9. The van der Waals surface area contributed by atoms with E-state index < -0.39 is 0 Å². The Morgan fingerprint density at radius 3 is 2.67 bits per heavy atom. The van der Waals surface area contributed by atoms with Gasteiger partial charge in [0.05, 0.1) is 11.8 Å². The minimum Gasteiger partial charge on any atom is -0.505 e. The molecule has 0 amide bonds. The van der Waals surface area contributed by atoms with Crippen LogP contribution in [-0.4, -0.2) is 20.2 Å². The summed E-state index contributed by atoms with van der Waals surface area (Å²) in [6.45, 7) is 4.59. The molecule has 0 radical (unpaired) electrons. The Labute approximate surface area is 124 Å². The fraction of sp³-hybridized carbons (Fsp3) is 0.562. The first-order valence-corrected chi connectivity index (χ1v) is 7.62. The van der Waals surface area contributed by atoms with E-state index >= 15 is 0 Å². The van der Waals surface area contributed by atoms with Crippen LogP contribution in [0.15, 0.2) is 23.0 Å². The molecule has 1 aliphatic rings. The van der Waals surface area contributed by atoms with Crippen LogP contribution in [0, 0.1) is 11.8 Å². The second-order valence-electron chi connectivity index (χ2n) is 6.21. The highest BCUT2D eigenvalue weighted by molar-refractivity contribution is 5.60. The third-order valence-electron chi connectivity index (χ3n) is 4.55. The van der Waals surface area contributed by atoms with Crippen LogP contribution in [-0.2, 0) is 0 Å². The van der Waals surface area contributed by atoms with Gasteiger partial charge in [-0.2, -0.15) is 4.98 Å². The maximum absolute atomic E-state index is 9.79. The summed E-state index contributed by atoms with van der Waals surface area (Å²) in [6.07, 6.45) is 7.67. The molecule has 5 heteroatoms. The van der Waals surface area contributed by atoms with Crippen LogP contribution in [0.4, 0.5) is 0 Å². The molecule has 0 unspecified atom stereocenters. The predicted molar refractivity (Wildman–Crippen MR) is 78.7 cm³/mol. The Bertz CT molecular complexity index is 601. The van der Waals surface area contributed by atoms with E-state index in [1.807, 2.05) is 0 Å². The molecule has 1 fully saturated rings. The van der Waals surface area contributed by atoms with Crippen LogP contribution in [0.5, 0.6) is 5.75 Å². The standard InChI is InChI=1S/C16H21N3O2/c1-10(2)11-3-5-12(6-4-11)15-18-16(21-19-15)13-7-8-17-9-14(13)20/h7-12,20H,3-6H2,1-2H3. The fourth-order valence-corrected chi connectivity index (χ4v) is 3.12. The van der Waals surface area contributed by atoms with Gasteiger partial charge in [-0.05, 0) is 43.6 Å². The minimum atomic E-state index is 0.0659. The van der Waals surface area contributed by atoms with Gasteiger partial charge < -0.3 is 9.63 Å². The highest BCUT2D eigenvalue weighted by Crippen LogP contribution is 2.38. The lowest BCUT2D eigenvalue weighted by molar-refractivity contribution is 0.252. The summed E-state index contributed by atoms with van der Waals surface area (Å²) < 4.78 is 5.31. The Morgan fingerprint density at radius 2 is 2.00 bits per heavy atom. The number of pyridine rings is 1. The summed E-state index contributed by atoms with van der Waals surface area (Å²) in [7, 11) is 0. The highest BCUT2D eigenvalue weighted by atomic mass is 16.5. The quantitative estimate of drug-likeness (QED) is 0.930. The lowest BCUT2D eigenvalue weighted by atomic mass is 9.77. The predicted octanol–water partition coefficient (Wildman–Crippen LogP) is 3.77.